The summed E-state index contributed by atoms with van der Waals surface area (Å²) in [6, 6.07) is 6.53. The number of aromatic nitrogens is 2. The van der Waals surface area contributed by atoms with Crippen molar-refractivity contribution >= 4 is 28.3 Å². The van der Waals surface area contributed by atoms with Gasteiger partial charge in [0.05, 0.1) is 5.56 Å². The Kier molecular flexibility index (Phi) is 2.59. The van der Waals surface area contributed by atoms with E-state index in [1.54, 1.807) is 18.2 Å². The molecule has 0 aliphatic rings. The Bertz CT molecular complexity index is 470. The van der Waals surface area contributed by atoms with Crippen LogP contribution in [0.15, 0.2) is 30.6 Å². The second-order valence-electron chi connectivity index (χ2n) is 2.76. The molecule has 0 radical (unpaired) electrons. The zero-order valence-corrected chi connectivity index (χ0v) is 8.36. The second-order valence-corrected chi connectivity index (χ2v) is 3.54. The van der Waals surface area contributed by atoms with Crippen molar-refractivity contribution in [3.63, 3.8) is 0 Å². The second kappa shape index (κ2) is 4.05. The Labute approximate surface area is 89.6 Å². The Morgan fingerprint density at radius 1 is 1.47 bits per heavy atom. The standard InChI is InChI=1S/C9H7N3O2S/c13-8(14)6-2-1-3-7(4-6)12-9-10-5-11-15-9/h1-5H,(H,13,14)(H,10,11,12). The fourth-order valence-corrected chi connectivity index (χ4v) is 1.53. The van der Waals surface area contributed by atoms with E-state index in [0.717, 1.165) is 0 Å². The highest BCUT2D eigenvalue weighted by atomic mass is 32.1. The van der Waals surface area contributed by atoms with Gasteiger partial charge >= 0.3 is 5.97 Å². The molecule has 1 aromatic carbocycles. The Hall–Kier alpha value is -1.95. The lowest BCUT2D eigenvalue weighted by Gasteiger charge is -2.02. The molecule has 0 spiro atoms. The highest BCUT2D eigenvalue weighted by Gasteiger charge is 2.03. The fraction of sp³-hybridized carbons (Fsp3) is 0. The molecular weight excluding hydrogens is 214 g/mol. The summed E-state index contributed by atoms with van der Waals surface area (Å²) in [4.78, 5) is 14.6. The third kappa shape index (κ3) is 2.29. The largest absolute Gasteiger partial charge is 0.478 e. The highest BCUT2D eigenvalue weighted by Crippen LogP contribution is 2.17. The molecule has 0 bridgehead atoms. The van der Waals surface area contributed by atoms with Gasteiger partial charge in [-0.15, -0.1) is 0 Å². The van der Waals surface area contributed by atoms with Gasteiger partial charge in [-0.3, -0.25) is 0 Å². The topological polar surface area (TPSA) is 75.1 Å². The van der Waals surface area contributed by atoms with Crippen LogP contribution in [0.5, 0.6) is 0 Å². The SMILES string of the molecule is O=C(O)c1cccc(Nc2ncns2)c1. The van der Waals surface area contributed by atoms with Crippen molar-refractivity contribution in [2.24, 2.45) is 0 Å². The number of rotatable bonds is 3. The number of carboxylic acid groups (broad SMARTS) is 1. The normalized spacial score (nSPS) is 9.87. The molecule has 0 aliphatic carbocycles. The molecule has 0 saturated carbocycles. The van der Waals surface area contributed by atoms with E-state index in [4.69, 9.17) is 5.11 Å². The molecule has 5 nitrogen and oxygen atoms in total. The van der Waals surface area contributed by atoms with Crippen LogP contribution in [0.4, 0.5) is 10.8 Å². The number of aromatic carboxylic acids is 1. The molecule has 15 heavy (non-hydrogen) atoms. The maximum absolute atomic E-state index is 10.7. The van der Waals surface area contributed by atoms with Crippen LogP contribution in [0.1, 0.15) is 10.4 Å². The van der Waals surface area contributed by atoms with Gasteiger partial charge in [-0.05, 0) is 18.2 Å². The van der Waals surface area contributed by atoms with E-state index in [0.29, 0.717) is 10.8 Å². The van der Waals surface area contributed by atoms with E-state index in [-0.39, 0.29) is 5.56 Å². The summed E-state index contributed by atoms with van der Waals surface area (Å²) in [5, 5.41) is 12.4. The zero-order valence-electron chi connectivity index (χ0n) is 7.54. The first kappa shape index (κ1) is 9.60. The summed E-state index contributed by atoms with van der Waals surface area (Å²) >= 11 is 1.21. The van der Waals surface area contributed by atoms with Crippen LogP contribution in [-0.2, 0) is 0 Å². The molecule has 2 aromatic rings. The smallest absolute Gasteiger partial charge is 0.335 e. The number of anilines is 2. The Morgan fingerprint density at radius 2 is 2.33 bits per heavy atom. The van der Waals surface area contributed by atoms with Gasteiger partial charge < -0.3 is 10.4 Å². The van der Waals surface area contributed by atoms with Crippen LogP contribution in [0.25, 0.3) is 0 Å². The zero-order chi connectivity index (χ0) is 10.7. The van der Waals surface area contributed by atoms with E-state index in [1.165, 1.54) is 23.9 Å². The lowest BCUT2D eigenvalue weighted by molar-refractivity contribution is 0.0697. The molecule has 2 rings (SSSR count). The van der Waals surface area contributed by atoms with Gasteiger partial charge in [0, 0.05) is 17.2 Å². The number of hydrogen-bond acceptors (Lipinski definition) is 5. The number of carbonyl (C=O) groups is 1. The van der Waals surface area contributed by atoms with Gasteiger partial charge in [-0.1, -0.05) is 6.07 Å². The minimum atomic E-state index is -0.948. The Balaban J connectivity index is 2.22. The first-order valence-electron chi connectivity index (χ1n) is 4.13. The van der Waals surface area contributed by atoms with Crippen molar-refractivity contribution in [3.8, 4) is 0 Å². The molecule has 6 heteroatoms. The number of hydrogen-bond donors (Lipinski definition) is 2. The van der Waals surface area contributed by atoms with E-state index in [2.05, 4.69) is 14.7 Å². The van der Waals surface area contributed by atoms with Crippen molar-refractivity contribution in [1.29, 1.82) is 0 Å². The predicted octanol–water partition coefficient (Wildman–Crippen LogP) is 1.98. The fourth-order valence-electron chi connectivity index (χ4n) is 1.08. The molecule has 0 fully saturated rings. The van der Waals surface area contributed by atoms with Gasteiger partial charge in [0.1, 0.15) is 6.33 Å². The van der Waals surface area contributed by atoms with Crippen LogP contribution >= 0.6 is 11.5 Å². The van der Waals surface area contributed by atoms with Crippen LogP contribution in [0, 0.1) is 0 Å². The summed E-state index contributed by atoms with van der Waals surface area (Å²) < 4.78 is 3.83. The first-order chi connectivity index (χ1) is 7.25. The van der Waals surface area contributed by atoms with Gasteiger partial charge in [-0.25, -0.2) is 9.78 Å². The summed E-state index contributed by atoms with van der Waals surface area (Å²) in [7, 11) is 0. The molecular formula is C9H7N3O2S. The Morgan fingerprint density at radius 3 is 3.00 bits per heavy atom. The van der Waals surface area contributed by atoms with Crippen molar-refractivity contribution in [2.45, 2.75) is 0 Å². The van der Waals surface area contributed by atoms with Crippen LogP contribution in [0.2, 0.25) is 0 Å². The maximum atomic E-state index is 10.7. The quantitative estimate of drug-likeness (QED) is 0.828. The third-order valence-corrected chi connectivity index (χ3v) is 2.30. The van der Waals surface area contributed by atoms with Crippen LogP contribution in [-0.4, -0.2) is 20.4 Å². The van der Waals surface area contributed by atoms with Crippen molar-refractivity contribution < 1.29 is 9.90 Å². The average molecular weight is 221 g/mol. The summed E-state index contributed by atoms with van der Waals surface area (Å²) in [6.07, 6.45) is 1.44. The minimum absolute atomic E-state index is 0.240. The molecule has 76 valence electrons. The summed E-state index contributed by atoms with van der Waals surface area (Å²) in [5.41, 5.74) is 0.927. The number of nitrogens with one attached hydrogen (secondary N) is 1. The average Bonchev–Trinajstić information content (AvgIpc) is 2.71. The van der Waals surface area contributed by atoms with Gasteiger partial charge in [0.15, 0.2) is 0 Å². The van der Waals surface area contributed by atoms with Crippen LogP contribution < -0.4 is 5.32 Å². The third-order valence-electron chi connectivity index (χ3n) is 1.72. The predicted molar refractivity (Wildman–Crippen MR) is 56.6 cm³/mol. The van der Waals surface area contributed by atoms with E-state index in [1.807, 2.05) is 0 Å². The van der Waals surface area contributed by atoms with E-state index < -0.39 is 5.97 Å². The molecule has 2 N–H and O–H groups in total. The highest BCUT2D eigenvalue weighted by molar-refractivity contribution is 7.09. The molecule has 0 saturated heterocycles. The van der Waals surface area contributed by atoms with Gasteiger partial charge in [0.25, 0.3) is 0 Å². The first-order valence-corrected chi connectivity index (χ1v) is 4.90. The molecule has 1 heterocycles. The summed E-state index contributed by atoms with van der Waals surface area (Å²) in [6.45, 7) is 0. The van der Waals surface area contributed by atoms with Gasteiger partial charge in [0.2, 0.25) is 5.13 Å². The van der Waals surface area contributed by atoms with E-state index >= 15 is 0 Å². The number of benzene rings is 1. The number of nitrogens with zero attached hydrogens (tertiary/aromatic N) is 2. The molecule has 0 unspecified atom stereocenters. The lowest BCUT2D eigenvalue weighted by Crippen LogP contribution is -1.97. The number of carboxylic acids is 1. The maximum Gasteiger partial charge on any atom is 0.335 e. The monoisotopic (exact) mass is 221 g/mol. The van der Waals surface area contributed by atoms with Crippen LogP contribution in [0.3, 0.4) is 0 Å². The lowest BCUT2D eigenvalue weighted by atomic mass is 10.2. The van der Waals surface area contributed by atoms with E-state index in [9.17, 15) is 4.79 Å². The van der Waals surface area contributed by atoms with Crippen molar-refractivity contribution in [1.82, 2.24) is 9.36 Å². The molecule has 0 atom stereocenters. The molecule has 0 amide bonds. The van der Waals surface area contributed by atoms with Crippen molar-refractivity contribution in [3.05, 3.63) is 36.2 Å². The van der Waals surface area contributed by atoms with Crippen molar-refractivity contribution in [2.75, 3.05) is 5.32 Å². The van der Waals surface area contributed by atoms with Gasteiger partial charge in [-0.2, -0.15) is 4.37 Å². The summed E-state index contributed by atoms with van der Waals surface area (Å²) in [5.74, 6) is -0.948. The molecule has 1 aromatic heterocycles. The minimum Gasteiger partial charge on any atom is -0.478 e. The molecule has 0 aliphatic heterocycles.